The fraction of sp³-hybridized carbons (Fsp3) is 0.462. The highest BCUT2D eigenvalue weighted by atomic mass is 16.5. The first-order valence-electron chi connectivity index (χ1n) is 7.18. The van der Waals surface area contributed by atoms with Crippen LogP contribution in [0.2, 0.25) is 0 Å². The largest absolute Gasteiger partial charge is 0.394 e. The molecule has 23 heavy (non-hydrogen) atoms. The van der Waals surface area contributed by atoms with Gasteiger partial charge < -0.3 is 14.9 Å². The van der Waals surface area contributed by atoms with Gasteiger partial charge in [-0.3, -0.25) is 9.13 Å². The third kappa shape index (κ3) is 2.27. The first-order valence-corrected chi connectivity index (χ1v) is 7.18. The molecule has 3 atom stereocenters. The van der Waals surface area contributed by atoms with E-state index >= 15 is 0 Å². The molecule has 0 amide bonds. The van der Waals surface area contributed by atoms with Gasteiger partial charge in [-0.2, -0.15) is 0 Å². The van der Waals surface area contributed by atoms with Gasteiger partial charge in [0.1, 0.15) is 30.8 Å². The second-order valence-electron chi connectivity index (χ2n) is 5.40. The van der Waals surface area contributed by atoms with Crippen LogP contribution in [-0.4, -0.2) is 63.3 Å². The lowest BCUT2D eigenvalue weighted by Crippen LogP contribution is -2.24. The molecule has 0 aromatic carbocycles. The molecule has 1 saturated heterocycles. The van der Waals surface area contributed by atoms with Crippen LogP contribution in [0.1, 0.15) is 18.5 Å². The van der Waals surface area contributed by atoms with E-state index in [1.54, 1.807) is 22.4 Å². The molecule has 0 aliphatic carbocycles. The van der Waals surface area contributed by atoms with Crippen molar-refractivity contribution >= 4 is 11.2 Å². The molecular weight excluding hydrogens is 302 g/mol. The van der Waals surface area contributed by atoms with Gasteiger partial charge in [-0.15, -0.1) is 10.2 Å². The number of aryl methyl sites for hydroxylation is 1. The van der Waals surface area contributed by atoms with Crippen molar-refractivity contribution in [3.63, 3.8) is 0 Å². The Kier molecular flexibility index (Phi) is 3.29. The molecule has 3 aromatic heterocycles. The number of aliphatic hydroxyl groups excluding tert-OH is 2. The molecule has 4 rings (SSSR count). The summed E-state index contributed by atoms with van der Waals surface area (Å²) in [7, 11) is 0. The van der Waals surface area contributed by atoms with Crippen LogP contribution in [0.15, 0.2) is 19.0 Å². The Hall–Kier alpha value is -2.43. The van der Waals surface area contributed by atoms with Crippen molar-refractivity contribution in [2.75, 3.05) is 6.61 Å². The monoisotopic (exact) mass is 317 g/mol. The maximum atomic E-state index is 9.92. The first-order chi connectivity index (χ1) is 11.2. The number of aromatic nitrogens is 7. The fourth-order valence-corrected chi connectivity index (χ4v) is 2.76. The van der Waals surface area contributed by atoms with E-state index in [9.17, 15) is 10.2 Å². The van der Waals surface area contributed by atoms with Crippen LogP contribution in [-0.2, 0) is 4.74 Å². The number of hydrogen-bond donors (Lipinski definition) is 2. The maximum absolute atomic E-state index is 9.92. The molecule has 1 fully saturated rings. The van der Waals surface area contributed by atoms with E-state index in [1.165, 1.54) is 12.7 Å². The van der Waals surface area contributed by atoms with E-state index in [4.69, 9.17) is 4.74 Å². The van der Waals surface area contributed by atoms with Gasteiger partial charge in [0.05, 0.1) is 19.0 Å². The molecule has 3 aromatic rings. The van der Waals surface area contributed by atoms with Gasteiger partial charge in [-0.05, 0) is 6.92 Å². The lowest BCUT2D eigenvalue weighted by atomic mass is 10.2. The summed E-state index contributed by atoms with van der Waals surface area (Å²) in [5, 5.41) is 26.7. The van der Waals surface area contributed by atoms with Crippen molar-refractivity contribution in [3.05, 3.63) is 24.8 Å². The second-order valence-corrected chi connectivity index (χ2v) is 5.40. The third-order valence-electron chi connectivity index (χ3n) is 3.87. The minimum atomic E-state index is -0.720. The zero-order valence-electron chi connectivity index (χ0n) is 12.3. The Bertz CT molecular complexity index is 832. The summed E-state index contributed by atoms with van der Waals surface area (Å²) < 4.78 is 9.09. The molecule has 0 radical (unpaired) electrons. The lowest BCUT2D eigenvalue weighted by Gasteiger charge is -2.14. The first kappa shape index (κ1) is 14.2. The van der Waals surface area contributed by atoms with Crippen LogP contribution >= 0.6 is 0 Å². The number of nitrogens with zero attached hydrogens (tertiary/aromatic N) is 7. The normalized spacial score (nSPS) is 24.6. The summed E-state index contributed by atoms with van der Waals surface area (Å²) in [6, 6.07) is 0. The maximum Gasteiger partial charge on any atom is 0.171 e. The Morgan fingerprint density at radius 3 is 2.74 bits per heavy atom. The Morgan fingerprint density at radius 2 is 2.04 bits per heavy atom. The smallest absolute Gasteiger partial charge is 0.171 e. The van der Waals surface area contributed by atoms with E-state index in [-0.39, 0.29) is 6.61 Å². The predicted molar refractivity (Wildman–Crippen MR) is 76.6 cm³/mol. The van der Waals surface area contributed by atoms with E-state index in [2.05, 4.69) is 25.1 Å². The van der Waals surface area contributed by atoms with Gasteiger partial charge in [0.2, 0.25) is 0 Å². The summed E-state index contributed by atoms with van der Waals surface area (Å²) >= 11 is 0. The van der Waals surface area contributed by atoms with Gasteiger partial charge in [-0.1, -0.05) is 0 Å². The predicted octanol–water partition coefficient (Wildman–Crippen LogP) is -0.644. The number of imidazole rings is 1. The van der Waals surface area contributed by atoms with Crippen LogP contribution in [0.3, 0.4) is 0 Å². The standard InChI is InChI=1S/C13H15N7O3/c1-7-17-12(19-5-15-16-6-19)11-13(18-7)20(4-14-11)10-2-8(22)9(3-21)23-10/h4-6,8-10,21-22H,2-3H2,1H3/t8-,9+,10+/m0/s1. The van der Waals surface area contributed by atoms with Gasteiger partial charge in [0, 0.05) is 6.42 Å². The minimum absolute atomic E-state index is 0.232. The van der Waals surface area contributed by atoms with Gasteiger partial charge in [0.15, 0.2) is 17.0 Å². The second kappa shape index (κ2) is 5.33. The molecule has 10 heteroatoms. The summed E-state index contributed by atoms with van der Waals surface area (Å²) in [4.78, 5) is 13.2. The molecule has 1 aliphatic rings. The van der Waals surface area contributed by atoms with Crippen molar-refractivity contribution in [1.82, 2.24) is 34.3 Å². The van der Waals surface area contributed by atoms with E-state index in [0.717, 1.165) is 0 Å². The van der Waals surface area contributed by atoms with Crippen molar-refractivity contribution in [2.24, 2.45) is 0 Å². The quantitative estimate of drug-likeness (QED) is 0.653. The zero-order chi connectivity index (χ0) is 16.0. The van der Waals surface area contributed by atoms with Gasteiger partial charge >= 0.3 is 0 Å². The van der Waals surface area contributed by atoms with Crippen LogP contribution in [0.25, 0.3) is 17.0 Å². The van der Waals surface area contributed by atoms with Crippen LogP contribution in [0, 0.1) is 6.92 Å². The topological polar surface area (TPSA) is 124 Å². The summed E-state index contributed by atoms with van der Waals surface area (Å²) in [6.45, 7) is 1.55. The Labute approximate surface area is 130 Å². The number of ether oxygens (including phenoxy) is 1. The summed E-state index contributed by atoms with van der Waals surface area (Å²) in [5.74, 6) is 1.15. The highest BCUT2D eigenvalue weighted by molar-refractivity contribution is 5.78. The fourth-order valence-electron chi connectivity index (χ4n) is 2.76. The number of hydrogen-bond acceptors (Lipinski definition) is 8. The van der Waals surface area contributed by atoms with Crippen molar-refractivity contribution in [2.45, 2.75) is 31.8 Å². The number of fused-ring (bicyclic) bond motifs is 1. The SMILES string of the molecule is Cc1nc(-n2cnnc2)c2ncn([C@H]3C[C@H](O)[C@@H](CO)O3)c2n1. The summed E-state index contributed by atoms with van der Waals surface area (Å²) in [5.41, 5.74) is 1.18. The van der Waals surface area contributed by atoms with Crippen LogP contribution in [0.5, 0.6) is 0 Å². The number of aliphatic hydroxyl groups is 2. The van der Waals surface area contributed by atoms with Gasteiger partial charge in [-0.25, -0.2) is 15.0 Å². The molecule has 0 saturated carbocycles. The highest BCUT2D eigenvalue weighted by Crippen LogP contribution is 2.31. The Balaban J connectivity index is 1.81. The van der Waals surface area contributed by atoms with Gasteiger partial charge in [0.25, 0.3) is 0 Å². The Morgan fingerprint density at radius 1 is 1.26 bits per heavy atom. The highest BCUT2D eigenvalue weighted by Gasteiger charge is 2.35. The average Bonchev–Trinajstić information content (AvgIpc) is 3.24. The minimum Gasteiger partial charge on any atom is -0.394 e. The van der Waals surface area contributed by atoms with Crippen LogP contribution in [0.4, 0.5) is 0 Å². The third-order valence-corrected chi connectivity index (χ3v) is 3.87. The van der Waals surface area contributed by atoms with Crippen molar-refractivity contribution < 1.29 is 14.9 Å². The molecule has 10 nitrogen and oxygen atoms in total. The number of rotatable bonds is 3. The molecule has 4 heterocycles. The molecule has 0 spiro atoms. The molecule has 1 aliphatic heterocycles. The molecule has 0 unspecified atom stereocenters. The van der Waals surface area contributed by atoms with E-state index in [1.807, 2.05) is 0 Å². The average molecular weight is 317 g/mol. The molecule has 2 N–H and O–H groups in total. The van der Waals surface area contributed by atoms with Crippen molar-refractivity contribution in [3.8, 4) is 5.82 Å². The molecule has 120 valence electrons. The zero-order valence-corrected chi connectivity index (χ0v) is 12.3. The van der Waals surface area contributed by atoms with E-state index in [0.29, 0.717) is 29.2 Å². The lowest BCUT2D eigenvalue weighted by molar-refractivity contribution is -0.0432. The molecular formula is C13H15N7O3. The van der Waals surface area contributed by atoms with Crippen LogP contribution < -0.4 is 0 Å². The van der Waals surface area contributed by atoms with Crippen molar-refractivity contribution in [1.29, 1.82) is 0 Å². The van der Waals surface area contributed by atoms with E-state index < -0.39 is 18.4 Å². The molecule has 0 bridgehead atoms. The summed E-state index contributed by atoms with van der Waals surface area (Å²) in [6.07, 6.45) is 3.29.